The van der Waals surface area contributed by atoms with Crippen molar-refractivity contribution in [2.45, 2.75) is 103 Å². The third kappa shape index (κ3) is 8.68. The van der Waals surface area contributed by atoms with Crippen molar-refractivity contribution in [2.24, 2.45) is 10.7 Å². The predicted molar refractivity (Wildman–Crippen MR) is 168 cm³/mol. The van der Waals surface area contributed by atoms with E-state index in [1.807, 2.05) is 6.21 Å². The molecular formula is C27H43N9S3. The largest absolute Gasteiger partial charge is 0.375 e. The molecule has 0 fully saturated rings. The monoisotopic (exact) mass is 589 g/mol. The highest BCUT2D eigenvalue weighted by atomic mass is 32.1. The van der Waals surface area contributed by atoms with Gasteiger partial charge in [0.25, 0.3) is 0 Å². The van der Waals surface area contributed by atoms with Crippen molar-refractivity contribution in [2.75, 3.05) is 23.7 Å². The Hall–Kier alpha value is -2.12. The highest BCUT2D eigenvalue weighted by Gasteiger charge is 2.22. The van der Waals surface area contributed by atoms with Crippen molar-refractivity contribution in [3.63, 3.8) is 0 Å². The Kier molecular flexibility index (Phi) is 11.1. The third-order valence-electron chi connectivity index (χ3n) is 7.06. The van der Waals surface area contributed by atoms with Crippen molar-refractivity contribution in [3.05, 3.63) is 31.7 Å². The number of anilines is 3. The molecule has 39 heavy (non-hydrogen) atoms. The summed E-state index contributed by atoms with van der Waals surface area (Å²) in [6, 6.07) is 1.42. The van der Waals surface area contributed by atoms with Crippen LogP contribution in [0.4, 0.5) is 15.4 Å². The van der Waals surface area contributed by atoms with Crippen LogP contribution in [-0.2, 0) is 38.5 Å². The second-order valence-electron chi connectivity index (χ2n) is 10.3. The highest BCUT2D eigenvalue weighted by Crippen LogP contribution is 2.30. The zero-order chi connectivity index (χ0) is 27.8. The lowest BCUT2D eigenvalue weighted by molar-refractivity contribution is 0.460. The van der Waals surface area contributed by atoms with Gasteiger partial charge in [-0.1, -0.05) is 13.8 Å². The molecule has 0 amide bonds. The molecule has 3 heterocycles. The summed E-state index contributed by atoms with van der Waals surface area (Å²) in [5.41, 5.74) is 26.3. The number of nitrogens with zero attached hydrogens (tertiary/aromatic N) is 4. The first-order valence-corrected chi connectivity index (χ1v) is 16.5. The van der Waals surface area contributed by atoms with E-state index in [-0.39, 0.29) is 0 Å². The van der Waals surface area contributed by atoms with Crippen LogP contribution in [0.3, 0.4) is 0 Å². The van der Waals surface area contributed by atoms with Crippen LogP contribution in [0.15, 0.2) is 4.99 Å². The quantitative estimate of drug-likeness (QED) is 0.276. The summed E-state index contributed by atoms with van der Waals surface area (Å²) >= 11 is 4.85. The molecule has 0 saturated heterocycles. The molecule has 12 heteroatoms. The molecule has 9 N–H and O–H groups in total. The molecule has 3 aliphatic carbocycles. The summed E-state index contributed by atoms with van der Waals surface area (Å²) in [4.78, 5) is 21.4. The van der Waals surface area contributed by atoms with Gasteiger partial charge < -0.3 is 28.3 Å². The van der Waals surface area contributed by atoms with Gasteiger partial charge in [0.15, 0.2) is 15.4 Å². The number of rotatable bonds is 5. The van der Waals surface area contributed by atoms with Crippen molar-refractivity contribution in [3.8, 4) is 0 Å². The van der Waals surface area contributed by atoms with Crippen LogP contribution in [-0.4, -0.2) is 45.8 Å². The molecule has 3 atom stereocenters. The molecule has 0 aliphatic heterocycles. The van der Waals surface area contributed by atoms with Gasteiger partial charge in [0.2, 0.25) is 0 Å². The Morgan fingerprint density at radius 2 is 1.33 bits per heavy atom. The fraction of sp³-hybridized carbons (Fsp3) is 0.630. The SMILES string of the molecule is CCC=N[C@H]1CCc2nc(N)sc2C1.CCCN[C@H]1CCc2nc(N)sc2C1.Nc1nc2c(s1)C[C@@H](N)CC2. The van der Waals surface area contributed by atoms with Gasteiger partial charge in [0.05, 0.1) is 23.1 Å². The minimum absolute atomic E-state index is 0.322. The minimum atomic E-state index is 0.322. The molecule has 0 bridgehead atoms. The van der Waals surface area contributed by atoms with E-state index in [1.54, 1.807) is 34.0 Å². The van der Waals surface area contributed by atoms with E-state index >= 15 is 0 Å². The third-order valence-corrected chi connectivity index (χ3v) is 9.91. The van der Waals surface area contributed by atoms with Gasteiger partial charge in [-0.15, -0.1) is 34.0 Å². The standard InChI is InChI=1S/C10H17N3S.C10H15N3S.C7H11N3S/c2*1-2-5-12-7-3-4-8-9(6-7)14-10(11)13-8;8-4-1-2-5-6(3-4)11-7(9)10-5/h7,12H,2-6H2,1H3,(H2,11,13);5,7H,2-4,6H2,1H3,(H2,11,13);4H,1-3,8H2,(H2,9,10)/t2*7-;4-/m000/s1. The van der Waals surface area contributed by atoms with Gasteiger partial charge in [0, 0.05) is 33.1 Å². The van der Waals surface area contributed by atoms with E-state index in [9.17, 15) is 0 Å². The molecule has 0 aromatic carbocycles. The summed E-state index contributed by atoms with van der Waals surface area (Å²) < 4.78 is 0. The smallest absolute Gasteiger partial charge is 0.180 e. The molecule has 0 saturated carbocycles. The average molecular weight is 590 g/mol. The highest BCUT2D eigenvalue weighted by molar-refractivity contribution is 7.16. The fourth-order valence-electron chi connectivity index (χ4n) is 5.10. The van der Waals surface area contributed by atoms with Crippen molar-refractivity contribution >= 4 is 55.6 Å². The Morgan fingerprint density at radius 3 is 1.92 bits per heavy atom. The van der Waals surface area contributed by atoms with Crippen LogP contribution in [0, 0.1) is 0 Å². The summed E-state index contributed by atoms with van der Waals surface area (Å²) in [6.45, 7) is 5.43. The predicted octanol–water partition coefficient (Wildman–Crippen LogP) is 4.19. The number of fused-ring (bicyclic) bond motifs is 3. The molecule has 0 spiro atoms. The van der Waals surface area contributed by atoms with Crippen LogP contribution in [0.5, 0.6) is 0 Å². The zero-order valence-corrected chi connectivity index (χ0v) is 25.6. The van der Waals surface area contributed by atoms with Crippen molar-refractivity contribution < 1.29 is 0 Å². The molecular weight excluding hydrogens is 547 g/mol. The van der Waals surface area contributed by atoms with Crippen molar-refractivity contribution in [1.82, 2.24) is 20.3 Å². The van der Waals surface area contributed by atoms with Crippen LogP contribution < -0.4 is 28.3 Å². The van der Waals surface area contributed by atoms with E-state index in [1.165, 1.54) is 44.6 Å². The average Bonchev–Trinajstić information content (AvgIpc) is 3.59. The molecule has 9 nitrogen and oxygen atoms in total. The normalized spacial score (nSPS) is 21.7. The molecule has 3 aromatic heterocycles. The molecule has 3 aliphatic rings. The van der Waals surface area contributed by atoms with Gasteiger partial charge in [-0.05, 0) is 77.0 Å². The molecule has 6 rings (SSSR count). The maximum absolute atomic E-state index is 5.80. The number of aryl methyl sites for hydroxylation is 3. The van der Waals surface area contributed by atoms with Crippen molar-refractivity contribution in [1.29, 1.82) is 0 Å². The molecule has 214 valence electrons. The number of nitrogens with one attached hydrogen (secondary N) is 1. The fourth-order valence-corrected chi connectivity index (χ4v) is 7.98. The number of hydrogen-bond donors (Lipinski definition) is 5. The molecule has 0 radical (unpaired) electrons. The van der Waals surface area contributed by atoms with E-state index in [4.69, 9.17) is 22.9 Å². The number of thiazole rings is 3. The second kappa shape index (κ2) is 14.5. The summed E-state index contributed by atoms with van der Waals surface area (Å²) in [6.07, 6.45) is 13.8. The molecule has 0 unspecified atom stereocenters. The lowest BCUT2D eigenvalue weighted by Gasteiger charge is -2.21. The first-order valence-electron chi connectivity index (χ1n) is 14.1. The summed E-state index contributed by atoms with van der Waals surface area (Å²) in [7, 11) is 0. The first kappa shape index (κ1) is 29.9. The van der Waals surface area contributed by atoms with Crippen LogP contribution >= 0.6 is 34.0 Å². The second-order valence-corrected chi connectivity index (χ2v) is 13.6. The van der Waals surface area contributed by atoms with E-state index in [2.05, 4.69) is 39.1 Å². The Balaban J connectivity index is 0.000000137. The zero-order valence-electron chi connectivity index (χ0n) is 23.1. The summed E-state index contributed by atoms with van der Waals surface area (Å²) in [5, 5.41) is 5.68. The Labute approximate surface area is 243 Å². The van der Waals surface area contributed by atoms with E-state index < -0.39 is 0 Å². The maximum atomic E-state index is 5.80. The van der Waals surface area contributed by atoms with Gasteiger partial charge in [-0.3, -0.25) is 4.99 Å². The first-order chi connectivity index (χ1) is 18.8. The van der Waals surface area contributed by atoms with Crippen LogP contribution in [0.2, 0.25) is 0 Å². The molecule has 3 aromatic rings. The summed E-state index contributed by atoms with van der Waals surface area (Å²) in [5.74, 6) is 0. The number of hydrogen-bond acceptors (Lipinski definition) is 12. The number of aromatic nitrogens is 3. The Bertz CT molecular complexity index is 1220. The van der Waals surface area contributed by atoms with Gasteiger partial charge in [0.1, 0.15) is 0 Å². The number of nitrogen functional groups attached to an aromatic ring is 3. The van der Waals surface area contributed by atoms with Crippen LogP contribution in [0.25, 0.3) is 0 Å². The lowest BCUT2D eigenvalue weighted by atomic mass is 9.98. The van der Waals surface area contributed by atoms with Crippen LogP contribution in [0.1, 0.15) is 77.7 Å². The van der Waals surface area contributed by atoms with Gasteiger partial charge in [-0.2, -0.15) is 0 Å². The number of nitrogens with two attached hydrogens (primary N) is 4. The van der Waals surface area contributed by atoms with Gasteiger partial charge >= 0.3 is 0 Å². The van der Waals surface area contributed by atoms with E-state index in [0.29, 0.717) is 28.4 Å². The Morgan fingerprint density at radius 1 is 0.795 bits per heavy atom. The van der Waals surface area contributed by atoms with E-state index in [0.717, 1.165) is 69.5 Å². The lowest BCUT2D eigenvalue weighted by Crippen LogP contribution is -2.34. The van der Waals surface area contributed by atoms with Gasteiger partial charge in [-0.25, -0.2) is 15.0 Å². The minimum Gasteiger partial charge on any atom is -0.375 e. The maximum Gasteiger partial charge on any atom is 0.180 e. The number of aliphatic imine (C=N–C) groups is 1. The topological polar surface area (TPSA) is 167 Å².